The quantitative estimate of drug-likeness (QED) is 0.449. The van der Waals surface area contributed by atoms with E-state index in [0.717, 1.165) is 19.0 Å². The molecule has 104 valence electrons. The maximum absolute atomic E-state index is 4.60. The predicted molar refractivity (Wildman–Crippen MR) is 87.4 cm³/mol. The molecule has 0 unspecified atom stereocenters. The van der Waals surface area contributed by atoms with E-state index in [4.69, 9.17) is 0 Å². The number of hydrogen-bond acceptors (Lipinski definition) is 2. The number of rotatable bonds is 5. The summed E-state index contributed by atoms with van der Waals surface area (Å²) in [6, 6.07) is 0.403. The number of aliphatic imine (C=N–C) groups is 1. The largest absolute Gasteiger partial charge is 0.357 e. The molecule has 0 atom stereocenters. The number of likely N-dealkylation sites (N-methyl/N-ethyl adjacent to an activating group) is 1. The first-order chi connectivity index (χ1) is 7.29. The number of guanidine groups is 1. The van der Waals surface area contributed by atoms with Crippen LogP contribution in [0.5, 0.6) is 0 Å². The van der Waals surface area contributed by atoms with Crippen LogP contribution in [-0.2, 0) is 0 Å². The molecule has 0 aromatic rings. The molecule has 4 nitrogen and oxygen atoms in total. The molecule has 0 aromatic heterocycles. The summed E-state index contributed by atoms with van der Waals surface area (Å²) in [5.41, 5.74) is 0.0827. The fourth-order valence-electron chi connectivity index (χ4n) is 1.01. The Balaban J connectivity index is 0. The molecule has 0 spiro atoms. The lowest BCUT2D eigenvalue weighted by molar-refractivity contribution is 0.204. The lowest BCUT2D eigenvalue weighted by Gasteiger charge is -2.31. The molecular weight excluding hydrogens is 327 g/mol. The van der Waals surface area contributed by atoms with Crippen LogP contribution in [0.1, 0.15) is 34.6 Å². The zero-order valence-corrected chi connectivity index (χ0v) is 14.6. The van der Waals surface area contributed by atoms with Gasteiger partial charge in [0.15, 0.2) is 5.96 Å². The van der Waals surface area contributed by atoms with Crippen LogP contribution in [0.2, 0.25) is 0 Å². The van der Waals surface area contributed by atoms with Crippen molar-refractivity contribution in [3.8, 4) is 0 Å². The number of nitrogens with zero attached hydrogens (tertiary/aromatic N) is 2. The average Bonchev–Trinajstić information content (AvgIpc) is 2.13. The van der Waals surface area contributed by atoms with Gasteiger partial charge >= 0.3 is 0 Å². The molecule has 0 heterocycles. The molecule has 0 saturated heterocycles. The third kappa shape index (κ3) is 8.65. The van der Waals surface area contributed by atoms with Crippen LogP contribution in [0.4, 0.5) is 0 Å². The van der Waals surface area contributed by atoms with Gasteiger partial charge in [-0.25, -0.2) is 0 Å². The fourth-order valence-corrected chi connectivity index (χ4v) is 1.01. The van der Waals surface area contributed by atoms with Gasteiger partial charge in [0.1, 0.15) is 0 Å². The van der Waals surface area contributed by atoms with E-state index in [1.165, 1.54) is 0 Å². The van der Waals surface area contributed by atoms with E-state index in [-0.39, 0.29) is 29.5 Å². The van der Waals surface area contributed by atoms with E-state index in [0.29, 0.717) is 6.04 Å². The van der Waals surface area contributed by atoms with E-state index >= 15 is 0 Å². The van der Waals surface area contributed by atoms with Gasteiger partial charge in [0.25, 0.3) is 0 Å². The summed E-state index contributed by atoms with van der Waals surface area (Å²) in [6.45, 7) is 12.4. The lowest BCUT2D eigenvalue weighted by Crippen LogP contribution is -2.45. The summed E-state index contributed by atoms with van der Waals surface area (Å²) in [5, 5.41) is 6.56. The van der Waals surface area contributed by atoms with Gasteiger partial charge in [-0.05, 0) is 48.7 Å². The first-order valence-electron chi connectivity index (χ1n) is 6.02. The summed E-state index contributed by atoms with van der Waals surface area (Å²) in [7, 11) is 4.16. The Morgan fingerprint density at radius 2 is 1.82 bits per heavy atom. The van der Waals surface area contributed by atoms with Gasteiger partial charge in [0.2, 0.25) is 0 Å². The van der Waals surface area contributed by atoms with Gasteiger partial charge in [-0.15, -0.1) is 24.0 Å². The normalized spacial score (nSPS) is 12.6. The van der Waals surface area contributed by atoms with Gasteiger partial charge < -0.3 is 15.5 Å². The molecule has 0 radical (unpaired) electrons. The van der Waals surface area contributed by atoms with E-state index in [9.17, 15) is 0 Å². The van der Waals surface area contributed by atoms with Crippen molar-refractivity contribution >= 4 is 29.9 Å². The van der Waals surface area contributed by atoms with Crippen LogP contribution in [-0.4, -0.2) is 49.6 Å². The van der Waals surface area contributed by atoms with Crippen molar-refractivity contribution in [2.24, 2.45) is 4.99 Å². The smallest absolute Gasteiger partial charge is 0.191 e. The van der Waals surface area contributed by atoms with E-state index in [1.54, 1.807) is 0 Å². The highest BCUT2D eigenvalue weighted by Crippen LogP contribution is 2.09. The van der Waals surface area contributed by atoms with Crippen molar-refractivity contribution in [2.45, 2.75) is 46.2 Å². The highest BCUT2D eigenvalue weighted by Gasteiger charge is 2.19. The third-order valence-electron chi connectivity index (χ3n) is 2.60. The molecule has 0 aliphatic carbocycles. The summed E-state index contributed by atoms with van der Waals surface area (Å²) >= 11 is 0. The van der Waals surface area contributed by atoms with Crippen molar-refractivity contribution < 1.29 is 0 Å². The van der Waals surface area contributed by atoms with Crippen molar-refractivity contribution in [3.05, 3.63) is 0 Å². The van der Waals surface area contributed by atoms with Crippen LogP contribution in [0.3, 0.4) is 0 Å². The summed E-state index contributed by atoms with van der Waals surface area (Å²) in [5.74, 6) is 0.896. The number of halogens is 1. The summed E-state index contributed by atoms with van der Waals surface area (Å²) in [4.78, 5) is 6.79. The standard InChI is InChI=1S/C12H28N4.HI/c1-8-13-11(15-10(2)3)14-9-12(4,5)16(6)7;/h10H,8-9H2,1-7H3,(H2,13,14,15);1H. The molecular formula is C12H29IN4. The van der Waals surface area contributed by atoms with E-state index in [2.05, 4.69) is 69.2 Å². The Labute approximate surface area is 124 Å². The molecule has 0 bridgehead atoms. The fraction of sp³-hybridized carbons (Fsp3) is 0.917. The third-order valence-corrected chi connectivity index (χ3v) is 2.60. The second kappa shape index (κ2) is 8.97. The van der Waals surface area contributed by atoms with Gasteiger partial charge in [-0.3, -0.25) is 4.99 Å². The minimum absolute atomic E-state index is 0. The molecule has 0 aromatic carbocycles. The monoisotopic (exact) mass is 356 g/mol. The topological polar surface area (TPSA) is 39.7 Å². The molecule has 0 saturated carbocycles. The van der Waals surface area contributed by atoms with Crippen LogP contribution in [0.15, 0.2) is 4.99 Å². The maximum atomic E-state index is 4.60. The minimum Gasteiger partial charge on any atom is -0.357 e. The van der Waals surface area contributed by atoms with Gasteiger partial charge in [0.05, 0.1) is 6.54 Å². The number of hydrogen-bond donors (Lipinski definition) is 2. The molecule has 17 heavy (non-hydrogen) atoms. The Hall–Kier alpha value is -0.0400. The van der Waals surface area contributed by atoms with Crippen molar-refractivity contribution in [1.82, 2.24) is 15.5 Å². The highest BCUT2D eigenvalue weighted by atomic mass is 127. The first kappa shape index (κ1) is 19.3. The van der Waals surface area contributed by atoms with Gasteiger partial charge in [-0.2, -0.15) is 0 Å². The zero-order chi connectivity index (χ0) is 12.8. The van der Waals surface area contributed by atoms with E-state index in [1.807, 2.05) is 0 Å². The van der Waals surface area contributed by atoms with Gasteiger partial charge in [-0.1, -0.05) is 0 Å². The molecule has 2 N–H and O–H groups in total. The first-order valence-corrected chi connectivity index (χ1v) is 6.02. The molecule has 0 aliphatic heterocycles. The Morgan fingerprint density at radius 3 is 2.18 bits per heavy atom. The average molecular weight is 356 g/mol. The SMILES string of the molecule is CCNC(=NCC(C)(C)N(C)C)NC(C)C.I. The van der Waals surface area contributed by atoms with Crippen LogP contribution < -0.4 is 10.6 Å². The Bertz CT molecular complexity index is 225. The molecule has 0 amide bonds. The second-order valence-electron chi connectivity index (χ2n) is 5.20. The molecule has 0 aliphatic rings. The van der Waals surface area contributed by atoms with Crippen molar-refractivity contribution in [1.29, 1.82) is 0 Å². The second-order valence-corrected chi connectivity index (χ2v) is 5.20. The zero-order valence-electron chi connectivity index (χ0n) is 12.3. The van der Waals surface area contributed by atoms with E-state index < -0.39 is 0 Å². The Morgan fingerprint density at radius 1 is 1.29 bits per heavy atom. The van der Waals surface area contributed by atoms with Crippen molar-refractivity contribution in [2.75, 3.05) is 27.2 Å². The summed E-state index contributed by atoms with van der Waals surface area (Å²) in [6.07, 6.45) is 0. The van der Waals surface area contributed by atoms with Crippen molar-refractivity contribution in [3.63, 3.8) is 0 Å². The van der Waals surface area contributed by atoms with Gasteiger partial charge in [0, 0.05) is 18.1 Å². The number of nitrogens with one attached hydrogen (secondary N) is 2. The molecule has 5 heteroatoms. The van der Waals surface area contributed by atoms with Crippen LogP contribution in [0, 0.1) is 0 Å². The van der Waals surface area contributed by atoms with Crippen LogP contribution >= 0.6 is 24.0 Å². The predicted octanol–water partition coefficient (Wildman–Crippen LogP) is 1.91. The highest BCUT2D eigenvalue weighted by molar-refractivity contribution is 14.0. The summed E-state index contributed by atoms with van der Waals surface area (Å²) < 4.78 is 0. The maximum Gasteiger partial charge on any atom is 0.191 e. The Kier molecular flexibility index (Phi) is 10.2. The lowest BCUT2D eigenvalue weighted by atomic mass is 10.1. The minimum atomic E-state index is 0. The molecule has 0 rings (SSSR count). The molecule has 0 fully saturated rings. The van der Waals surface area contributed by atoms with Crippen LogP contribution in [0.25, 0.3) is 0 Å².